The van der Waals surface area contributed by atoms with Crippen LogP contribution in [-0.4, -0.2) is 59.0 Å². The molecule has 7 nitrogen and oxygen atoms in total. The number of carboxylic acid groups (broad SMARTS) is 1. The van der Waals surface area contributed by atoms with Crippen molar-refractivity contribution >= 4 is 17.8 Å². The number of hydrogen-bond acceptors (Lipinski definition) is 4. The number of likely N-dealkylation sites (N-methyl/N-ethyl adjacent to an activating group) is 1. The summed E-state index contributed by atoms with van der Waals surface area (Å²) in [4.78, 5) is 36.9. The fraction of sp³-hybridized carbons (Fsp3) is 0.833. The highest BCUT2D eigenvalue weighted by molar-refractivity contribution is 5.81. The minimum Gasteiger partial charge on any atom is -0.480 e. The minimum absolute atomic E-state index is 0.0477. The predicted octanol–water partition coefficient (Wildman–Crippen LogP) is 1.13. The topological polar surface area (TPSA) is 98.7 Å². The molecule has 142 valence electrons. The van der Waals surface area contributed by atoms with Gasteiger partial charge < -0.3 is 15.7 Å². The summed E-state index contributed by atoms with van der Waals surface area (Å²) in [5, 5.41) is 14.8. The Labute approximate surface area is 149 Å². The molecule has 2 saturated carbocycles. The average Bonchev–Trinajstić information content (AvgIpc) is 3.02. The molecule has 1 atom stereocenters. The summed E-state index contributed by atoms with van der Waals surface area (Å²) in [7, 11) is 0. The lowest BCUT2D eigenvalue weighted by Gasteiger charge is -2.42. The summed E-state index contributed by atoms with van der Waals surface area (Å²) in [5.41, 5.74) is 0. The molecule has 0 aliphatic heterocycles. The molecule has 2 rings (SSSR count). The molecule has 0 bridgehead atoms. The van der Waals surface area contributed by atoms with Crippen molar-refractivity contribution in [2.75, 3.05) is 13.1 Å². The van der Waals surface area contributed by atoms with Crippen molar-refractivity contribution in [2.24, 2.45) is 5.92 Å². The highest BCUT2D eigenvalue weighted by Gasteiger charge is 2.34. The molecule has 25 heavy (non-hydrogen) atoms. The Kier molecular flexibility index (Phi) is 7.23. The smallest absolute Gasteiger partial charge is 0.317 e. The van der Waals surface area contributed by atoms with Crippen molar-refractivity contribution in [3.8, 4) is 0 Å². The lowest BCUT2D eigenvalue weighted by molar-refractivity contribution is -0.140. The Bertz CT molecular complexity index is 485. The van der Waals surface area contributed by atoms with Crippen LogP contribution in [0.1, 0.15) is 58.8 Å². The second kappa shape index (κ2) is 9.17. The summed E-state index contributed by atoms with van der Waals surface area (Å²) in [6.07, 6.45) is 6.01. The van der Waals surface area contributed by atoms with Gasteiger partial charge in [-0.2, -0.15) is 0 Å². The Morgan fingerprint density at radius 1 is 1.20 bits per heavy atom. The van der Waals surface area contributed by atoms with E-state index in [-0.39, 0.29) is 48.8 Å². The van der Waals surface area contributed by atoms with Gasteiger partial charge in [-0.15, -0.1) is 0 Å². The third-order valence-electron chi connectivity index (χ3n) is 5.35. The van der Waals surface area contributed by atoms with Crippen LogP contribution in [0.4, 0.5) is 0 Å². The Morgan fingerprint density at radius 3 is 2.40 bits per heavy atom. The largest absolute Gasteiger partial charge is 0.480 e. The van der Waals surface area contributed by atoms with Crippen LogP contribution in [0, 0.1) is 5.92 Å². The van der Waals surface area contributed by atoms with Gasteiger partial charge in [0.2, 0.25) is 11.8 Å². The zero-order valence-electron chi connectivity index (χ0n) is 15.3. The van der Waals surface area contributed by atoms with E-state index in [9.17, 15) is 14.4 Å². The van der Waals surface area contributed by atoms with Gasteiger partial charge in [0.15, 0.2) is 0 Å². The molecule has 3 N–H and O–H groups in total. The lowest BCUT2D eigenvalue weighted by atomic mass is 9.85. The van der Waals surface area contributed by atoms with Crippen LogP contribution in [0.2, 0.25) is 0 Å². The van der Waals surface area contributed by atoms with E-state index in [2.05, 4.69) is 10.6 Å². The Morgan fingerprint density at radius 2 is 1.84 bits per heavy atom. The number of nitrogens with zero attached hydrogens (tertiary/aromatic N) is 1. The number of aliphatic carboxylic acids is 1. The first-order valence-electron chi connectivity index (χ1n) is 9.44. The van der Waals surface area contributed by atoms with Gasteiger partial charge in [0.05, 0.1) is 6.54 Å². The van der Waals surface area contributed by atoms with E-state index in [0.717, 1.165) is 38.5 Å². The Balaban J connectivity index is 1.64. The second-order valence-corrected chi connectivity index (χ2v) is 7.44. The van der Waals surface area contributed by atoms with Crippen LogP contribution < -0.4 is 10.6 Å². The van der Waals surface area contributed by atoms with Crippen molar-refractivity contribution in [3.63, 3.8) is 0 Å². The van der Waals surface area contributed by atoms with Crippen molar-refractivity contribution in [3.05, 3.63) is 0 Å². The fourth-order valence-electron chi connectivity index (χ4n) is 3.84. The zero-order valence-corrected chi connectivity index (χ0v) is 15.3. The van der Waals surface area contributed by atoms with E-state index in [1.165, 1.54) is 0 Å². The molecule has 7 heteroatoms. The number of carbonyl (C=O) groups is 3. The first-order valence-corrected chi connectivity index (χ1v) is 9.44. The van der Waals surface area contributed by atoms with Crippen molar-refractivity contribution in [2.45, 2.75) is 76.9 Å². The number of hydrogen-bond donors (Lipinski definition) is 3. The third-order valence-corrected chi connectivity index (χ3v) is 5.35. The van der Waals surface area contributed by atoms with Crippen LogP contribution in [0.5, 0.6) is 0 Å². The quantitative estimate of drug-likeness (QED) is 0.577. The van der Waals surface area contributed by atoms with Gasteiger partial charge in [-0.3, -0.25) is 19.3 Å². The number of carbonyl (C=O) groups excluding carboxylic acids is 2. The average molecular weight is 353 g/mol. The number of carboxylic acids is 1. The molecule has 2 fully saturated rings. The molecule has 0 saturated heterocycles. The number of amides is 2. The maximum Gasteiger partial charge on any atom is 0.317 e. The highest BCUT2D eigenvalue weighted by Crippen LogP contribution is 2.26. The minimum atomic E-state index is -0.818. The first kappa shape index (κ1) is 19.7. The van der Waals surface area contributed by atoms with Crippen LogP contribution in [-0.2, 0) is 14.4 Å². The summed E-state index contributed by atoms with van der Waals surface area (Å²) < 4.78 is 0. The fourth-order valence-corrected chi connectivity index (χ4v) is 3.84. The van der Waals surface area contributed by atoms with Gasteiger partial charge >= 0.3 is 5.97 Å². The maximum atomic E-state index is 12.1. The van der Waals surface area contributed by atoms with Crippen molar-refractivity contribution in [1.29, 1.82) is 0 Å². The molecule has 0 aromatic heterocycles. The number of nitrogens with one attached hydrogen (secondary N) is 2. The molecule has 0 aromatic rings. The Hall–Kier alpha value is -1.63. The molecule has 0 aromatic carbocycles. The monoisotopic (exact) mass is 353 g/mol. The van der Waals surface area contributed by atoms with E-state index < -0.39 is 5.97 Å². The number of rotatable bonds is 9. The van der Waals surface area contributed by atoms with Crippen LogP contribution in [0.25, 0.3) is 0 Å². The molecule has 0 heterocycles. The predicted molar refractivity (Wildman–Crippen MR) is 94.0 cm³/mol. The summed E-state index contributed by atoms with van der Waals surface area (Å²) in [6, 6.07) is 0.173. The first-order chi connectivity index (χ1) is 11.9. The molecule has 2 aliphatic carbocycles. The highest BCUT2D eigenvalue weighted by atomic mass is 16.4. The zero-order chi connectivity index (χ0) is 18.4. The molecular weight excluding hydrogens is 322 g/mol. The molecule has 0 radical (unpaired) electrons. The molecule has 1 unspecified atom stereocenters. The molecule has 2 aliphatic rings. The summed E-state index contributed by atoms with van der Waals surface area (Å²) in [6.45, 7) is 4.55. The molecular formula is C18H31N3O4. The van der Waals surface area contributed by atoms with Crippen LogP contribution >= 0.6 is 0 Å². The van der Waals surface area contributed by atoms with E-state index in [1.807, 2.05) is 18.7 Å². The van der Waals surface area contributed by atoms with Crippen molar-refractivity contribution in [1.82, 2.24) is 15.5 Å². The third kappa shape index (κ3) is 5.99. The van der Waals surface area contributed by atoms with E-state index in [4.69, 9.17) is 5.11 Å². The van der Waals surface area contributed by atoms with E-state index >= 15 is 0 Å². The van der Waals surface area contributed by atoms with Crippen molar-refractivity contribution < 1.29 is 19.5 Å². The van der Waals surface area contributed by atoms with Crippen LogP contribution in [0.15, 0.2) is 0 Å². The standard InChI is InChI=1S/C18H31N3O4/c1-3-21(11-17(23)24)15-9-14(10-15)20-16(22)8-12(2)19-18(25)13-6-4-5-7-13/h12-15H,3-11H2,1-2H3,(H,19,25)(H,20,22)(H,23,24). The van der Waals surface area contributed by atoms with Gasteiger partial charge in [0.25, 0.3) is 0 Å². The molecule has 2 amide bonds. The lowest BCUT2D eigenvalue weighted by Crippen LogP contribution is -2.55. The maximum absolute atomic E-state index is 12.1. The van der Waals surface area contributed by atoms with Gasteiger partial charge in [-0.1, -0.05) is 19.8 Å². The van der Waals surface area contributed by atoms with Gasteiger partial charge in [-0.05, 0) is 39.2 Å². The second-order valence-electron chi connectivity index (χ2n) is 7.44. The summed E-state index contributed by atoms with van der Waals surface area (Å²) in [5.74, 6) is -0.675. The van der Waals surface area contributed by atoms with E-state index in [1.54, 1.807) is 0 Å². The van der Waals surface area contributed by atoms with E-state index in [0.29, 0.717) is 6.54 Å². The summed E-state index contributed by atoms with van der Waals surface area (Å²) >= 11 is 0. The van der Waals surface area contributed by atoms with Gasteiger partial charge in [0.1, 0.15) is 0 Å². The molecule has 0 spiro atoms. The van der Waals surface area contributed by atoms with Gasteiger partial charge in [0, 0.05) is 30.5 Å². The SMILES string of the molecule is CCN(CC(=O)O)C1CC(NC(=O)CC(C)NC(=O)C2CCCC2)C1. The normalized spacial score (nSPS) is 24.6. The van der Waals surface area contributed by atoms with Gasteiger partial charge in [-0.25, -0.2) is 0 Å². The van der Waals surface area contributed by atoms with Crippen LogP contribution in [0.3, 0.4) is 0 Å².